The molecule has 0 bridgehead atoms. The molecule has 1 aromatic rings. The lowest BCUT2D eigenvalue weighted by atomic mass is 10.1. The topological polar surface area (TPSA) is 71.3 Å². The number of amides is 2. The van der Waals surface area contributed by atoms with E-state index in [-0.39, 0.29) is 17.6 Å². The summed E-state index contributed by atoms with van der Waals surface area (Å²) < 4.78 is 5.62. The van der Waals surface area contributed by atoms with Crippen molar-refractivity contribution in [2.75, 3.05) is 6.54 Å². The predicted molar refractivity (Wildman–Crippen MR) is 64.5 cm³/mol. The van der Waals surface area contributed by atoms with Gasteiger partial charge in [-0.1, -0.05) is 0 Å². The summed E-state index contributed by atoms with van der Waals surface area (Å²) in [6.45, 7) is 0.678. The van der Waals surface area contributed by atoms with Crippen LogP contribution in [0.1, 0.15) is 29.8 Å². The minimum absolute atomic E-state index is 0.124. The first kappa shape index (κ1) is 12.2. The van der Waals surface area contributed by atoms with Crippen molar-refractivity contribution in [3.05, 3.63) is 22.6 Å². The zero-order valence-corrected chi connectivity index (χ0v) is 10.7. The van der Waals surface area contributed by atoms with Crippen molar-refractivity contribution in [2.45, 2.75) is 25.3 Å². The van der Waals surface area contributed by atoms with Gasteiger partial charge in [0.15, 0.2) is 10.4 Å². The number of hydrogen-bond donors (Lipinski definition) is 2. The molecule has 1 saturated heterocycles. The summed E-state index contributed by atoms with van der Waals surface area (Å²) in [6, 6.07) is 2.74. The first-order valence-corrected chi connectivity index (χ1v) is 6.30. The van der Waals surface area contributed by atoms with Crippen LogP contribution in [0.2, 0.25) is 0 Å². The Morgan fingerprint density at radius 1 is 1.47 bits per heavy atom. The summed E-state index contributed by atoms with van der Waals surface area (Å²) >= 11 is 3.12. The highest BCUT2D eigenvalue weighted by molar-refractivity contribution is 9.10. The minimum atomic E-state index is -0.464. The third kappa shape index (κ3) is 3.09. The fraction of sp³-hybridized carbons (Fsp3) is 0.455. The van der Waals surface area contributed by atoms with E-state index in [1.807, 2.05) is 0 Å². The summed E-state index contributed by atoms with van der Waals surface area (Å²) in [5.74, 6) is -0.284. The zero-order chi connectivity index (χ0) is 12.3. The van der Waals surface area contributed by atoms with Gasteiger partial charge in [0.05, 0.1) is 0 Å². The average molecular weight is 301 g/mol. The van der Waals surface area contributed by atoms with Gasteiger partial charge in [0.2, 0.25) is 5.91 Å². The number of halogens is 1. The molecule has 0 saturated carbocycles. The van der Waals surface area contributed by atoms with Crippen LogP contribution in [0, 0.1) is 0 Å². The molecule has 6 heteroatoms. The average Bonchev–Trinajstić information content (AvgIpc) is 2.63. The van der Waals surface area contributed by atoms with E-state index in [9.17, 15) is 9.59 Å². The Balaban J connectivity index is 1.99. The Labute approximate surface area is 107 Å². The van der Waals surface area contributed by atoms with Crippen LogP contribution in [0.3, 0.4) is 0 Å². The number of furan rings is 1. The molecule has 2 amide bonds. The molecule has 2 heterocycles. The number of carbonyl (C=O) groups is 2. The third-order valence-corrected chi connectivity index (χ3v) is 3.06. The van der Waals surface area contributed by atoms with Crippen LogP contribution in [-0.2, 0) is 4.79 Å². The van der Waals surface area contributed by atoms with Crippen LogP contribution in [0.4, 0.5) is 0 Å². The smallest absolute Gasteiger partial charge is 0.287 e. The highest BCUT2D eigenvalue weighted by Gasteiger charge is 2.23. The van der Waals surface area contributed by atoms with Crippen LogP contribution < -0.4 is 10.6 Å². The predicted octanol–water partition coefficient (Wildman–Crippen LogP) is 1.44. The van der Waals surface area contributed by atoms with E-state index in [0.29, 0.717) is 17.6 Å². The van der Waals surface area contributed by atoms with Crippen LogP contribution in [0.5, 0.6) is 0 Å². The SMILES string of the molecule is O=C(NC1CCCCNC1=O)c1ccc(Br)o1. The van der Waals surface area contributed by atoms with E-state index >= 15 is 0 Å². The lowest BCUT2D eigenvalue weighted by Gasteiger charge is -2.13. The molecule has 1 fully saturated rings. The number of nitrogens with one attached hydrogen (secondary N) is 2. The van der Waals surface area contributed by atoms with Gasteiger partial charge in [-0.15, -0.1) is 0 Å². The van der Waals surface area contributed by atoms with Gasteiger partial charge in [0, 0.05) is 6.54 Å². The minimum Gasteiger partial charge on any atom is -0.444 e. The second kappa shape index (κ2) is 5.35. The van der Waals surface area contributed by atoms with Gasteiger partial charge in [-0.2, -0.15) is 0 Å². The Morgan fingerprint density at radius 3 is 3.00 bits per heavy atom. The normalized spacial score (nSPS) is 20.5. The fourth-order valence-electron chi connectivity index (χ4n) is 1.74. The molecular weight excluding hydrogens is 288 g/mol. The lowest BCUT2D eigenvalue weighted by molar-refractivity contribution is -0.122. The molecule has 0 aromatic carbocycles. The van der Waals surface area contributed by atoms with E-state index in [4.69, 9.17) is 4.42 Å². The Kier molecular flexibility index (Phi) is 3.83. The summed E-state index contributed by atoms with van der Waals surface area (Å²) in [5.41, 5.74) is 0. The van der Waals surface area contributed by atoms with Crippen molar-refractivity contribution in [1.82, 2.24) is 10.6 Å². The number of hydrogen-bond acceptors (Lipinski definition) is 3. The van der Waals surface area contributed by atoms with Gasteiger partial charge in [0.25, 0.3) is 5.91 Å². The molecule has 0 aliphatic carbocycles. The quantitative estimate of drug-likeness (QED) is 0.868. The fourth-order valence-corrected chi connectivity index (χ4v) is 2.05. The summed E-state index contributed by atoms with van der Waals surface area (Å²) in [4.78, 5) is 23.4. The largest absolute Gasteiger partial charge is 0.444 e. The van der Waals surface area contributed by atoms with Crippen LogP contribution in [-0.4, -0.2) is 24.4 Å². The van der Waals surface area contributed by atoms with Gasteiger partial charge in [0.1, 0.15) is 6.04 Å². The van der Waals surface area contributed by atoms with Crippen molar-refractivity contribution < 1.29 is 14.0 Å². The van der Waals surface area contributed by atoms with E-state index in [1.165, 1.54) is 0 Å². The molecular formula is C11H13BrN2O3. The zero-order valence-electron chi connectivity index (χ0n) is 9.16. The number of carbonyl (C=O) groups excluding carboxylic acids is 2. The summed E-state index contributed by atoms with van der Waals surface area (Å²) in [6.07, 6.45) is 2.54. The van der Waals surface area contributed by atoms with Crippen LogP contribution in [0.15, 0.2) is 21.2 Å². The van der Waals surface area contributed by atoms with E-state index in [2.05, 4.69) is 26.6 Å². The Bertz CT molecular complexity index is 430. The van der Waals surface area contributed by atoms with Crippen molar-refractivity contribution in [2.24, 2.45) is 0 Å². The van der Waals surface area contributed by atoms with E-state index in [1.54, 1.807) is 12.1 Å². The van der Waals surface area contributed by atoms with Gasteiger partial charge in [-0.25, -0.2) is 0 Å². The molecule has 2 rings (SSSR count). The first-order valence-electron chi connectivity index (χ1n) is 5.51. The van der Waals surface area contributed by atoms with Crippen molar-refractivity contribution in [1.29, 1.82) is 0 Å². The van der Waals surface area contributed by atoms with Gasteiger partial charge in [-0.3, -0.25) is 9.59 Å². The molecule has 1 aromatic heterocycles. The molecule has 1 atom stereocenters. The molecule has 1 aliphatic rings. The van der Waals surface area contributed by atoms with Crippen molar-refractivity contribution in [3.8, 4) is 0 Å². The van der Waals surface area contributed by atoms with Gasteiger partial charge >= 0.3 is 0 Å². The van der Waals surface area contributed by atoms with Gasteiger partial charge in [-0.05, 0) is 47.3 Å². The maximum Gasteiger partial charge on any atom is 0.287 e. The maximum absolute atomic E-state index is 11.8. The second-order valence-electron chi connectivity index (χ2n) is 3.92. The monoisotopic (exact) mass is 300 g/mol. The molecule has 1 unspecified atom stereocenters. The third-order valence-electron chi connectivity index (χ3n) is 2.64. The van der Waals surface area contributed by atoms with Crippen molar-refractivity contribution >= 4 is 27.7 Å². The molecule has 92 valence electrons. The van der Waals surface area contributed by atoms with E-state index in [0.717, 1.165) is 12.8 Å². The van der Waals surface area contributed by atoms with Crippen molar-refractivity contribution in [3.63, 3.8) is 0 Å². The van der Waals surface area contributed by atoms with Crippen LogP contribution >= 0.6 is 15.9 Å². The summed E-state index contributed by atoms with van der Waals surface area (Å²) in [7, 11) is 0. The van der Waals surface area contributed by atoms with Crippen LogP contribution in [0.25, 0.3) is 0 Å². The highest BCUT2D eigenvalue weighted by atomic mass is 79.9. The Hall–Kier alpha value is -1.30. The lowest BCUT2D eigenvalue weighted by Crippen LogP contribution is -2.45. The summed E-state index contributed by atoms with van der Waals surface area (Å²) in [5, 5.41) is 5.44. The van der Waals surface area contributed by atoms with Gasteiger partial charge < -0.3 is 15.1 Å². The molecule has 0 spiro atoms. The number of rotatable bonds is 2. The Morgan fingerprint density at radius 2 is 2.29 bits per heavy atom. The molecule has 17 heavy (non-hydrogen) atoms. The van der Waals surface area contributed by atoms with E-state index < -0.39 is 6.04 Å². The standard InChI is InChI=1S/C11H13BrN2O3/c12-9-5-4-8(17-9)11(16)14-7-3-1-2-6-13-10(7)15/h4-5,7H,1-3,6H2,(H,13,15)(H,14,16). The molecule has 5 nitrogen and oxygen atoms in total. The maximum atomic E-state index is 11.8. The molecule has 1 aliphatic heterocycles. The molecule has 2 N–H and O–H groups in total. The second-order valence-corrected chi connectivity index (χ2v) is 4.70. The molecule has 0 radical (unpaired) electrons. The highest BCUT2D eigenvalue weighted by Crippen LogP contribution is 2.14. The first-order chi connectivity index (χ1) is 8.16.